The van der Waals surface area contributed by atoms with Crippen molar-refractivity contribution >= 4 is 40.6 Å². The second-order valence-electron chi connectivity index (χ2n) is 5.74. The number of amides is 3. The van der Waals surface area contributed by atoms with E-state index in [4.69, 9.17) is 0 Å². The molecule has 0 saturated carbocycles. The molecule has 5 nitrogen and oxygen atoms in total. The largest absolute Gasteiger partial charge is 0.325 e. The van der Waals surface area contributed by atoms with Crippen molar-refractivity contribution in [2.45, 2.75) is 6.92 Å². The van der Waals surface area contributed by atoms with Crippen LogP contribution in [0.5, 0.6) is 0 Å². The molecule has 1 N–H and O–H groups in total. The van der Waals surface area contributed by atoms with Crippen molar-refractivity contribution in [3.8, 4) is 0 Å². The maximum absolute atomic E-state index is 12.9. The van der Waals surface area contributed by atoms with Crippen LogP contribution in [-0.4, -0.2) is 28.5 Å². The van der Waals surface area contributed by atoms with Gasteiger partial charge < -0.3 is 5.32 Å². The van der Waals surface area contributed by atoms with Gasteiger partial charge in [0.25, 0.3) is 11.1 Å². The highest BCUT2D eigenvalue weighted by Gasteiger charge is 2.36. The number of benzene rings is 2. The number of imide groups is 1. The van der Waals surface area contributed by atoms with Crippen LogP contribution in [0.15, 0.2) is 53.4 Å². The van der Waals surface area contributed by atoms with E-state index in [9.17, 15) is 18.8 Å². The van der Waals surface area contributed by atoms with Crippen LogP contribution in [0, 0.1) is 12.7 Å². The lowest BCUT2D eigenvalue weighted by Crippen LogP contribution is -2.36. The molecule has 0 aromatic heterocycles. The minimum absolute atomic E-state index is 0.199. The number of hydrogen-bond acceptors (Lipinski definition) is 4. The predicted octanol–water partition coefficient (Wildman–Crippen LogP) is 3.81. The molecule has 1 fully saturated rings. The summed E-state index contributed by atoms with van der Waals surface area (Å²) in [6.07, 6.45) is 1.50. The maximum atomic E-state index is 12.9. The SMILES string of the molecule is Cc1cccc(NC(=O)CN2C(=O)S/C(=C\c3ccc(F)cc3)C2=O)c1. The molecule has 3 rings (SSSR count). The van der Waals surface area contributed by atoms with Crippen LogP contribution < -0.4 is 5.32 Å². The molecule has 0 radical (unpaired) electrons. The van der Waals surface area contributed by atoms with Crippen LogP contribution >= 0.6 is 11.8 Å². The Morgan fingerprint density at radius 3 is 2.62 bits per heavy atom. The second-order valence-corrected chi connectivity index (χ2v) is 6.73. The Bertz CT molecular complexity index is 909. The molecule has 26 heavy (non-hydrogen) atoms. The Balaban J connectivity index is 1.69. The summed E-state index contributed by atoms with van der Waals surface area (Å²) in [5.74, 6) is -1.38. The van der Waals surface area contributed by atoms with Crippen LogP contribution in [0.3, 0.4) is 0 Å². The van der Waals surface area contributed by atoms with Crippen molar-refractivity contribution in [3.63, 3.8) is 0 Å². The van der Waals surface area contributed by atoms with Gasteiger partial charge in [-0.3, -0.25) is 19.3 Å². The van der Waals surface area contributed by atoms with E-state index < -0.39 is 17.1 Å². The summed E-state index contributed by atoms with van der Waals surface area (Å²) in [5.41, 5.74) is 2.18. The molecule has 0 atom stereocenters. The Labute approximate surface area is 153 Å². The number of aryl methyl sites for hydroxylation is 1. The van der Waals surface area contributed by atoms with Gasteiger partial charge in [-0.05, 0) is 60.2 Å². The summed E-state index contributed by atoms with van der Waals surface area (Å²) in [4.78, 5) is 37.7. The van der Waals surface area contributed by atoms with E-state index in [2.05, 4.69) is 5.32 Å². The van der Waals surface area contributed by atoms with E-state index >= 15 is 0 Å². The fraction of sp³-hybridized carbons (Fsp3) is 0.105. The van der Waals surface area contributed by atoms with Crippen molar-refractivity contribution in [1.82, 2.24) is 4.90 Å². The third-order valence-corrected chi connectivity index (χ3v) is 4.55. The van der Waals surface area contributed by atoms with Crippen molar-refractivity contribution in [2.24, 2.45) is 0 Å². The first kappa shape index (κ1) is 17.9. The first-order valence-corrected chi connectivity index (χ1v) is 8.61. The van der Waals surface area contributed by atoms with Gasteiger partial charge in [0.1, 0.15) is 12.4 Å². The Kier molecular flexibility index (Phi) is 5.18. The van der Waals surface area contributed by atoms with E-state index in [1.165, 1.54) is 30.3 Å². The molecule has 1 heterocycles. The third kappa shape index (κ3) is 4.18. The standard InChI is InChI=1S/C19H15FN2O3S/c1-12-3-2-4-15(9-12)21-17(23)11-22-18(24)16(26-19(22)25)10-13-5-7-14(20)8-6-13/h2-10H,11H2,1H3,(H,21,23)/b16-10-. The van der Waals surface area contributed by atoms with Crippen molar-refractivity contribution in [1.29, 1.82) is 0 Å². The van der Waals surface area contributed by atoms with Crippen LogP contribution in [0.4, 0.5) is 14.9 Å². The lowest BCUT2D eigenvalue weighted by atomic mass is 10.2. The van der Waals surface area contributed by atoms with Crippen molar-refractivity contribution in [2.75, 3.05) is 11.9 Å². The van der Waals surface area contributed by atoms with Gasteiger partial charge in [0.05, 0.1) is 4.91 Å². The average Bonchev–Trinajstić information content (AvgIpc) is 2.84. The smallest absolute Gasteiger partial charge is 0.294 e. The summed E-state index contributed by atoms with van der Waals surface area (Å²) in [6, 6.07) is 12.8. The molecule has 0 spiro atoms. The van der Waals surface area contributed by atoms with Crippen molar-refractivity contribution < 1.29 is 18.8 Å². The molecule has 1 aliphatic heterocycles. The van der Waals surface area contributed by atoms with E-state index in [1.807, 2.05) is 13.0 Å². The number of hydrogen-bond donors (Lipinski definition) is 1. The number of thioether (sulfide) groups is 1. The van der Waals surface area contributed by atoms with Crippen LogP contribution in [0.2, 0.25) is 0 Å². The highest BCUT2D eigenvalue weighted by molar-refractivity contribution is 8.18. The molecular formula is C19H15FN2O3S. The van der Waals surface area contributed by atoms with Gasteiger partial charge in [-0.2, -0.15) is 0 Å². The topological polar surface area (TPSA) is 66.5 Å². The molecule has 132 valence electrons. The van der Waals surface area contributed by atoms with Gasteiger partial charge in [-0.1, -0.05) is 24.3 Å². The minimum Gasteiger partial charge on any atom is -0.325 e. The Hall–Kier alpha value is -2.93. The van der Waals surface area contributed by atoms with Gasteiger partial charge in [-0.25, -0.2) is 4.39 Å². The molecule has 1 aliphatic rings. The summed E-state index contributed by atoms with van der Waals surface area (Å²) >= 11 is 0.756. The molecule has 0 aliphatic carbocycles. The predicted molar refractivity (Wildman–Crippen MR) is 98.9 cm³/mol. The Morgan fingerprint density at radius 1 is 1.19 bits per heavy atom. The lowest BCUT2D eigenvalue weighted by molar-refractivity contribution is -0.127. The number of carbonyl (C=O) groups excluding carboxylic acids is 3. The van der Waals surface area contributed by atoms with Gasteiger partial charge in [-0.15, -0.1) is 0 Å². The minimum atomic E-state index is -0.538. The number of halogens is 1. The molecule has 1 saturated heterocycles. The van der Waals surface area contributed by atoms with Crippen molar-refractivity contribution in [3.05, 3.63) is 70.4 Å². The summed E-state index contributed by atoms with van der Waals surface area (Å²) in [7, 11) is 0. The van der Waals surface area contributed by atoms with E-state index in [0.717, 1.165) is 22.2 Å². The first-order valence-electron chi connectivity index (χ1n) is 7.80. The summed E-state index contributed by atoms with van der Waals surface area (Å²) in [5, 5.41) is 2.15. The quantitative estimate of drug-likeness (QED) is 0.831. The second kappa shape index (κ2) is 7.53. The zero-order valence-corrected chi connectivity index (χ0v) is 14.7. The zero-order chi connectivity index (χ0) is 18.7. The lowest BCUT2D eigenvalue weighted by Gasteiger charge is -2.12. The van der Waals surface area contributed by atoms with Gasteiger partial charge >= 0.3 is 0 Å². The molecule has 0 bridgehead atoms. The number of nitrogens with one attached hydrogen (secondary N) is 1. The van der Waals surface area contributed by atoms with Crippen LogP contribution in [-0.2, 0) is 9.59 Å². The summed E-state index contributed by atoms with van der Waals surface area (Å²) in [6.45, 7) is 1.53. The third-order valence-electron chi connectivity index (χ3n) is 3.64. The normalized spacial score (nSPS) is 15.6. The fourth-order valence-corrected chi connectivity index (χ4v) is 3.25. The molecule has 2 aromatic carbocycles. The summed E-state index contributed by atoms with van der Waals surface area (Å²) < 4.78 is 12.9. The molecule has 0 unspecified atom stereocenters. The number of carbonyl (C=O) groups is 3. The van der Waals surface area contributed by atoms with Crippen LogP contribution in [0.25, 0.3) is 6.08 Å². The van der Waals surface area contributed by atoms with E-state index in [1.54, 1.807) is 18.2 Å². The molecular weight excluding hydrogens is 355 g/mol. The highest BCUT2D eigenvalue weighted by atomic mass is 32.2. The molecule has 2 aromatic rings. The molecule has 7 heteroatoms. The first-order chi connectivity index (χ1) is 12.4. The van der Waals surface area contributed by atoms with Crippen LogP contribution in [0.1, 0.15) is 11.1 Å². The van der Waals surface area contributed by atoms with E-state index in [0.29, 0.717) is 11.3 Å². The molecule has 3 amide bonds. The van der Waals surface area contributed by atoms with Gasteiger partial charge in [0.2, 0.25) is 5.91 Å². The number of rotatable bonds is 4. The zero-order valence-electron chi connectivity index (χ0n) is 13.9. The number of nitrogens with zero attached hydrogens (tertiary/aromatic N) is 1. The van der Waals surface area contributed by atoms with E-state index in [-0.39, 0.29) is 17.3 Å². The fourth-order valence-electron chi connectivity index (χ4n) is 2.41. The average molecular weight is 370 g/mol. The highest BCUT2D eigenvalue weighted by Crippen LogP contribution is 2.32. The number of anilines is 1. The maximum Gasteiger partial charge on any atom is 0.294 e. The monoisotopic (exact) mass is 370 g/mol. The Morgan fingerprint density at radius 2 is 1.92 bits per heavy atom. The van der Waals surface area contributed by atoms with Gasteiger partial charge in [0.15, 0.2) is 0 Å². The van der Waals surface area contributed by atoms with Gasteiger partial charge in [0, 0.05) is 5.69 Å².